The average Bonchev–Trinajstić information content (AvgIpc) is 2.38. The first-order valence-electron chi connectivity index (χ1n) is 7.55. The van der Waals surface area contributed by atoms with Crippen molar-refractivity contribution in [1.82, 2.24) is 0 Å². The van der Waals surface area contributed by atoms with Crippen molar-refractivity contribution in [3.63, 3.8) is 0 Å². The van der Waals surface area contributed by atoms with Gasteiger partial charge in [-0.3, -0.25) is 0 Å². The van der Waals surface area contributed by atoms with Crippen LogP contribution >= 0.6 is 0 Å². The lowest BCUT2D eigenvalue weighted by Gasteiger charge is -2.32. The molecule has 1 rings (SSSR count). The maximum atomic E-state index is 10.1. The second-order valence-corrected chi connectivity index (χ2v) is 6.15. The number of hydrogen-bond donors (Lipinski definition) is 2. The minimum atomic E-state index is -0.683. The van der Waals surface area contributed by atoms with Crippen molar-refractivity contribution in [3.05, 3.63) is 0 Å². The third kappa shape index (κ3) is 4.87. The van der Waals surface area contributed by atoms with E-state index >= 15 is 0 Å². The molecule has 1 fully saturated rings. The van der Waals surface area contributed by atoms with Crippen LogP contribution in [0.3, 0.4) is 0 Å². The summed E-state index contributed by atoms with van der Waals surface area (Å²) >= 11 is 0. The largest absolute Gasteiger partial charge is 0.389 e. The molecule has 0 heterocycles. The molecular formula is C15H31NO2. The van der Waals surface area contributed by atoms with Crippen LogP contribution in [0.25, 0.3) is 0 Å². The van der Waals surface area contributed by atoms with Gasteiger partial charge >= 0.3 is 0 Å². The molecular weight excluding hydrogens is 226 g/mol. The Hall–Kier alpha value is -0.120. The molecule has 1 aliphatic rings. The molecule has 0 radical (unpaired) electrons. The fourth-order valence-electron chi connectivity index (χ4n) is 2.72. The second kappa shape index (κ2) is 7.46. The molecule has 3 N–H and O–H groups in total. The van der Waals surface area contributed by atoms with Crippen molar-refractivity contribution in [2.24, 2.45) is 17.6 Å². The molecule has 0 saturated heterocycles. The highest BCUT2D eigenvalue weighted by molar-refractivity contribution is 4.78. The van der Waals surface area contributed by atoms with Crippen LogP contribution in [0.4, 0.5) is 0 Å². The van der Waals surface area contributed by atoms with Gasteiger partial charge in [0, 0.05) is 13.2 Å². The molecule has 108 valence electrons. The fourth-order valence-corrected chi connectivity index (χ4v) is 2.72. The van der Waals surface area contributed by atoms with Crippen LogP contribution in [-0.2, 0) is 4.74 Å². The Morgan fingerprint density at radius 1 is 1.28 bits per heavy atom. The molecule has 18 heavy (non-hydrogen) atoms. The third-order valence-corrected chi connectivity index (χ3v) is 4.73. The van der Waals surface area contributed by atoms with Crippen LogP contribution in [0.2, 0.25) is 0 Å². The average molecular weight is 257 g/mol. The van der Waals surface area contributed by atoms with E-state index in [4.69, 9.17) is 10.5 Å². The van der Waals surface area contributed by atoms with Crippen LogP contribution in [0, 0.1) is 11.8 Å². The van der Waals surface area contributed by atoms with Gasteiger partial charge in [0.1, 0.15) is 0 Å². The van der Waals surface area contributed by atoms with Crippen LogP contribution in [-0.4, -0.2) is 30.0 Å². The number of hydrogen-bond acceptors (Lipinski definition) is 3. The molecule has 0 amide bonds. The van der Waals surface area contributed by atoms with Crippen molar-refractivity contribution < 1.29 is 9.84 Å². The first-order chi connectivity index (χ1) is 8.50. The summed E-state index contributed by atoms with van der Waals surface area (Å²) in [6.45, 7) is 7.75. The van der Waals surface area contributed by atoms with E-state index in [0.29, 0.717) is 12.6 Å². The van der Waals surface area contributed by atoms with E-state index in [1.165, 1.54) is 19.3 Å². The van der Waals surface area contributed by atoms with E-state index in [9.17, 15) is 5.11 Å². The smallest absolute Gasteiger partial charge is 0.0767 e. The van der Waals surface area contributed by atoms with Gasteiger partial charge in [0.25, 0.3) is 0 Å². The van der Waals surface area contributed by atoms with Crippen LogP contribution in [0.5, 0.6) is 0 Å². The molecule has 3 nitrogen and oxygen atoms in total. The van der Waals surface area contributed by atoms with Crippen molar-refractivity contribution in [2.75, 3.05) is 13.2 Å². The first-order valence-corrected chi connectivity index (χ1v) is 7.55. The van der Waals surface area contributed by atoms with Gasteiger partial charge in [-0.1, -0.05) is 20.8 Å². The Bertz CT molecular complexity index is 229. The van der Waals surface area contributed by atoms with Crippen LogP contribution in [0.1, 0.15) is 59.3 Å². The fraction of sp³-hybridized carbons (Fsp3) is 1.00. The maximum absolute atomic E-state index is 10.1. The quantitative estimate of drug-likeness (QED) is 0.689. The zero-order valence-electron chi connectivity index (χ0n) is 12.3. The lowest BCUT2D eigenvalue weighted by Crippen LogP contribution is -2.37. The topological polar surface area (TPSA) is 55.5 Å². The van der Waals surface area contributed by atoms with Crippen molar-refractivity contribution in [3.8, 4) is 0 Å². The second-order valence-electron chi connectivity index (χ2n) is 6.15. The van der Waals surface area contributed by atoms with Gasteiger partial charge in [-0.15, -0.1) is 0 Å². The van der Waals surface area contributed by atoms with E-state index in [1.807, 2.05) is 6.92 Å². The van der Waals surface area contributed by atoms with Gasteiger partial charge < -0.3 is 15.6 Å². The summed E-state index contributed by atoms with van der Waals surface area (Å²) in [4.78, 5) is 0. The molecule has 1 aliphatic carbocycles. The normalized spacial score (nSPS) is 32.2. The van der Waals surface area contributed by atoms with Crippen molar-refractivity contribution in [2.45, 2.75) is 71.0 Å². The Balaban J connectivity index is 2.15. The molecule has 1 saturated carbocycles. The van der Waals surface area contributed by atoms with E-state index in [2.05, 4.69) is 13.8 Å². The van der Waals surface area contributed by atoms with Crippen LogP contribution in [0.15, 0.2) is 0 Å². The molecule has 3 heteroatoms. The van der Waals surface area contributed by atoms with Gasteiger partial charge in [0.05, 0.1) is 11.7 Å². The molecule has 0 bridgehead atoms. The summed E-state index contributed by atoms with van der Waals surface area (Å²) in [5, 5.41) is 10.1. The van der Waals surface area contributed by atoms with Gasteiger partial charge in [0.2, 0.25) is 0 Å². The standard InChI is InChI=1S/C15H31NO2/c1-4-15(17,11-16)8-5-9-18-14-7-6-12(2)13(3)10-14/h12-14,17H,4-11,16H2,1-3H3. The molecule has 0 aromatic heterocycles. The van der Waals surface area contributed by atoms with Crippen LogP contribution < -0.4 is 5.73 Å². The number of ether oxygens (including phenoxy) is 1. The predicted molar refractivity (Wildman–Crippen MR) is 75.4 cm³/mol. The number of rotatable bonds is 7. The minimum absolute atomic E-state index is 0.349. The van der Waals surface area contributed by atoms with Gasteiger partial charge in [-0.2, -0.15) is 0 Å². The monoisotopic (exact) mass is 257 g/mol. The molecule has 4 unspecified atom stereocenters. The SMILES string of the molecule is CCC(O)(CN)CCCOC1CCC(C)C(C)C1. The Morgan fingerprint density at radius 2 is 2.00 bits per heavy atom. The molecule has 4 atom stereocenters. The number of nitrogens with two attached hydrogens (primary N) is 1. The van der Waals surface area contributed by atoms with Crippen molar-refractivity contribution in [1.29, 1.82) is 0 Å². The minimum Gasteiger partial charge on any atom is -0.389 e. The predicted octanol–water partition coefficient (Wildman–Crippen LogP) is 2.71. The maximum Gasteiger partial charge on any atom is 0.0767 e. The summed E-state index contributed by atoms with van der Waals surface area (Å²) < 4.78 is 5.93. The number of aliphatic hydroxyl groups is 1. The zero-order valence-corrected chi connectivity index (χ0v) is 12.3. The highest BCUT2D eigenvalue weighted by Gasteiger charge is 2.25. The van der Waals surface area contributed by atoms with E-state index in [0.717, 1.165) is 37.7 Å². The van der Waals surface area contributed by atoms with Gasteiger partial charge in [-0.25, -0.2) is 0 Å². The molecule has 0 spiro atoms. The first kappa shape index (κ1) is 15.9. The van der Waals surface area contributed by atoms with Gasteiger partial charge in [-0.05, 0) is 50.4 Å². The summed E-state index contributed by atoms with van der Waals surface area (Å²) in [6.07, 6.45) is 6.48. The lowest BCUT2D eigenvalue weighted by molar-refractivity contribution is -0.0149. The molecule has 0 aliphatic heterocycles. The zero-order chi connectivity index (χ0) is 13.6. The Morgan fingerprint density at radius 3 is 2.56 bits per heavy atom. The molecule has 0 aromatic carbocycles. The summed E-state index contributed by atoms with van der Waals surface area (Å²) in [5.74, 6) is 1.62. The summed E-state index contributed by atoms with van der Waals surface area (Å²) in [6, 6.07) is 0. The highest BCUT2D eigenvalue weighted by Crippen LogP contribution is 2.31. The Labute approximate surface area is 112 Å². The van der Waals surface area contributed by atoms with E-state index in [-0.39, 0.29) is 0 Å². The van der Waals surface area contributed by atoms with Crippen molar-refractivity contribution >= 4 is 0 Å². The lowest BCUT2D eigenvalue weighted by atomic mass is 9.80. The Kier molecular flexibility index (Phi) is 6.61. The third-order valence-electron chi connectivity index (χ3n) is 4.73. The van der Waals surface area contributed by atoms with E-state index < -0.39 is 5.60 Å². The van der Waals surface area contributed by atoms with Gasteiger partial charge in [0.15, 0.2) is 0 Å². The highest BCUT2D eigenvalue weighted by atomic mass is 16.5. The molecule has 0 aromatic rings. The summed E-state index contributed by atoms with van der Waals surface area (Å²) in [7, 11) is 0. The van der Waals surface area contributed by atoms with E-state index in [1.54, 1.807) is 0 Å². The summed E-state index contributed by atoms with van der Waals surface area (Å²) in [5.41, 5.74) is 4.90.